The van der Waals surface area contributed by atoms with E-state index < -0.39 is 4.92 Å². The maximum absolute atomic E-state index is 10.3. The highest BCUT2D eigenvalue weighted by Crippen LogP contribution is 2.12. The number of ether oxygens (including phenoxy) is 1. The van der Waals surface area contributed by atoms with Gasteiger partial charge < -0.3 is 4.74 Å². The molecule has 0 saturated carbocycles. The fourth-order valence-corrected chi connectivity index (χ4v) is 0.905. The normalized spacial score (nSPS) is 8.64. The third-order valence-electron chi connectivity index (χ3n) is 1.56. The Hall–Kier alpha value is -2.02. The SMILES string of the molecule is CC#COCc1ccc([N+](=O)[O-])cc1. The minimum absolute atomic E-state index is 0.0790. The molecule has 0 aliphatic heterocycles. The van der Waals surface area contributed by atoms with Gasteiger partial charge in [-0.25, -0.2) is 0 Å². The van der Waals surface area contributed by atoms with Crippen molar-refractivity contribution < 1.29 is 9.66 Å². The Morgan fingerprint density at radius 3 is 2.57 bits per heavy atom. The van der Waals surface area contributed by atoms with Crippen LogP contribution in [-0.4, -0.2) is 4.92 Å². The van der Waals surface area contributed by atoms with Crippen LogP contribution < -0.4 is 0 Å². The smallest absolute Gasteiger partial charge is 0.269 e. The minimum atomic E-state index is -0.434. The van der Waals surface area contributed by atoms with Crippen LogP contribution in [0.4, 0.5) is 5.69 Å². The Labute approximate surface area is 81.7 Å². The molecule has 0 aliphatic carbocycles. The van der Waals surface area contributed by atoms with Gasteiger partial charge >= 0.3 is 0 Å². The third kappa shape index (κ3) is 2.79. The molecule has 0 atom stereocenters. The molecule has 1 aromatic rings. The van der Waals surface area contributed by atoms with Crippen LogP contribution in [0.15, 0.2) is 24.3 Å². The summed E-state index contributed by atoms with van der Waals surface area (Å²) in [6.45, 7) is 2.02. The van der Waals surface area contributed by atoms with E-state index in [1.54, 1.807) is 19.1 Å². The first kappa shape index (κ1) is 10.1. The molecule has 0 aliphatic rings. The number of nitro benzene ring substituents is 1. The fourth-order valence-electron chi connectivity index (χ4n) is 0.905. The van der Waals surface area contributed by atoms with Gasteiger partial charge in [-0.05, 0) is 17.7 Å². The van der Waals surface area contributed by atoms with Gasteiger partial charge in [-0.3, -0.25) is 10.1 Å². The van der Waals surface area contributed by atoms with E-state index >= 15 is 0 Å². The van der Waals surface area contributed by atoms with Gasteiger partial charge in [0.05, 0.1) is 4.92 Å². The summed E-state index contributed by atoms with van der Waals surface area (Å²) >= 11 is 0. The van der Waals surface area contributed by atoms with Gasteiger partial charge in [0.15, 0.2) is 0 Å². The minimum Gasteiger partial charge on any atom is -0.442 e. The molecule has 4 nitrogen and oxygen atoms in total. The van der Waals surface area contributed by atoms with Gasteiger partial charge in [-0.1, -0.05) is 5.92 Å². The molecule has 0 radical (unpaired) electrons. The fraction of sp³-hybridized carbons (Fsp3) is 0.200. The second-order valence-electron chi connectivity index (χ2n) is 2.56. The van der Waals surface area contributed by atoms with E-state index in [4.69, 9.17) is 4.74 Å². The van der Waals surface area contributed by atoms with E-state index in [0.29, 0.717) is 6.61 Å². The van der Waals surface area contributed by atoms with E-state index in [-0.39, 0.29) is 5.69 Å². The summed E-state index contributed by atoms with van der Waals surface area (Å²) in [7, 11) is 0. The quantitative estimate of drug-likeness (QED) is 0.417. The van der Waals surface area contributed by atoms with E-state index in [0.717, 1.165) is 5.56 Å². The first-order valence-electron chi connectivity index (χ1n) is 4.01. The van der Waals surface area contributed by atoms with Crippen molar-refractivity contribution >= 4 is 5.69 Å². The molecule has 0 saturated heterocycles. The largest absolute Gasteiger partial charge is 0.442 e. The lowest BCUT2D eigenvalue weighted by atomic mass is 10.2. The van der Waals surface area contributed by atoms with Gasteiger partial charge in [0.2, 0.25) is 0 Å². The van der Waals surface area contributed by atoms with Crippen LogP contribution in [0.1, 0.15) is 12.5 Å². The summed E-state index contributed by atoms with van der Waals surface area (Å²) in [4.78, 5) is 9.89. The number of nitro groups is 1. The van der Waals surface area contributed by atoms with Crippen LogP contribution >= 0.6 is 0 Å². The number of hydrogen-bond donors (Lipinski definition) is 0. The molecule has 0 spiro atoms. The second-order valence-corrected chi connectivity index (χ2v) is 2.56. The number of nitrogens with zero attached hydrogens (tertiary/aromatic N) is 1. The molecule has 0 fully saturated rings. The van der Waals surface area contributed by atoms with Crippen molar-refractivity contribution in [2.75, 3.05) is 0 Å². The molecule has 4 heteroatoms. The van der Waals surface area contributed by atoms with Crippen LogP contribution in [0.2, 0.25) is 0 Å². The zero-order valence-electron chi connectivity index (χ0n) is 7.69. The molecule has 0 heterocycles. The van der Waals surface area contributed by atoms with E-state index in [9.17, 15) is 10.1 Å². The molecule has 0 N–H and O–H groups in total. The van der Waals surface area contributed by atoms with Crippen molar-refractivity contribution in [1.82, 2.24) is 0 Å². The van der Waals surface area contributed by atoms with Gasteiger partial charge in [-0.15, -0.1) is 0 Å². The van der Waals surface area contributed by atoms with Crippen molar-refractivity contribution in [2.45, 2.75) is 13.5 Å². The predicted molar refractivity (Wildman–Crippen MR) is 51.3 cm³/mol. The van der Waals surface area contributed by atoms with Gasteiger partial charge in [0.1, 0.15) is 12.7 Å². The first-order chi connectivity index (χ1) is 6.74. The van der Waals surface area contributed by atoms with Crippen LogP contribution in [0.3, 0.4) is 0 Å². The molecule has 1 aromatic carbocycles. The standard InChI is InChI=1S/C10H9NO3/c1-2-7-14-8-9-3-5-10(6-4-9)11(12)13/h3-6H,8H2,1H3. The van der Waals surface area contributed by atoms with E-state index in [1.165, 1.54) is 12.1 Å². The molecular weight excluding hydrogens is 182 g/mol. The lowest BCUT2D eigenvalue weighted by Gasteiger charge is -1.97. The van der Waals surface area contributed by atoms with Gasteiger partial charge in [0, 0.05) is 19.1 Å². The van der Waals surface area contributed by atoms with Crippen LogP contribution in [0, 0.1) is 22.1 Å². The molecule has 72 valence electrons. The Balaban J connectivity index is 2.62. The lowest BCUT2D eigenvalue weighted by molar-refractivity contribution is -0.384. The van der Waals surface area contributed by atoms with Crippen molar-refractivity contribution in [3.63, 3.8) is 0 Å². The third-order valence-corrected chi connectivity index (χ3v) is 1.56. The number of rotatable bonds is 3. The van der Waals surface area contributed by atoms with Crippen molar-refractivity contribution in [3.8, 4) is 12.0 Å². The number of non-ortho nitro benzene ring substituents is 1. The molecule has 0 bridgehead atoms. The topological polar surface area (TPSA) is 52.4 Å². The summed E-state index contributed by atoms with van der Waals surface area (Å²) in [6.07, 6.45) is 2.45. The van der Waals surface area contributed by atoms with Crippen LogP contribution in [0.5, 0.6) is 0 Å². The maximum atomic E-state index is 10.3. The molecule has 0 unspecified atom stereocenters. The monoisotopic (exact) mass is 191 g/mol. The highest BCUT2D eigenvalue weighted by atomic mass is 16.6. The summed E-state index contributed by atoms with van der Waals surface area (Å²) in [5.74, 6) is 2.59. The highest BCUT2D eigenvalue weighted by Gasteiger charge is 2.03. The Morgan fingerprint density at radius 2 is 2.07 bits per heavy atom. The molecular formula is C10H9NO3. The van der Waals surface area contributed by atoms with Crippen molar-refractivity contribution in [1.29, 1.82) is 0 Å². The molecule has 14 heavy (non-hydrogen) atoms. The summed E-state index contributed by atoms with van der Waals surface area (Å²) in [5.41, 5.74) is 0.939. The first-order valence-corrected chi connectivity index (χ1v) is 4.01. The zero-order chi connectivity index (χ0) is 10.4. The summed E-state index contributed by atoms with van der Waals surface area (Å²) < 4.78 is 4.94. The summed E-state index contributed by atoms with van der Waals surface area (Å²) in [5, 5.41) is 10.3. The van der Waals surface area contributed by atoms with Gasteiger partial charge in [0.25, 0.3) is 5.69 Å². The van der Waals surface area contributed by atoms with E-state index in [2.05, 4.69) is 12.0 Å². The predicted octanol–water partition coefficient (Wildman–Crippen LogP) is 2.09. The average Bonchev–Trinajstić information content (AvgIpc) is 2.19. The Morgan fingerprint density at radius 1 is 1.43 bits per heavy atom. The maximum Gasteiger partial charge on any atom is 0.269 e. The molecule has 0 amide bonds. The Bertz CT molecular complexity index is 373. The summed E-state index contributed by atoms with van der Waals surface area (Å²) in [6, 6.07) is 6.18. The lowest BCUT2D eigenvalue weighted by Crippen LogP contribution is -1.90. The Kier molecular flexibility index (Phi) is 3.50. The van der Waals surface area contributed by atoms with Crippen LogP contribution in [0.25, 0.3) is 0 Å². The van der Waals surface area contributed by atoms with Crippen molar-refractivity contribution in [2.24, 2.45) is 0 Å². The van der Waals surface area contributed by atoms with Crippen LogP contribution in [-0.2, 0) is 11.3 Å². The van der Waals surface area contributed by atoms with Gasteiger partial charge in [-0.2, -0.15) is 0 Å². The highest BCUT2D eigenvalue weighted by molar-refractivity contribution is 5.32. The number of hydrogen-bond acceptors (Lipinski definition) is 3. The molecule has 1 rings (SSSR count). The van der Waals surface area contributed by atoms with E-state index in [1.807, 2.05) is 0 Å². The zero-order valence-corrected chi connectivity index (χ0v) is 7.69. The van der Waals surface area contributed by atoms with Crippen molar-refractivity contribution in [3.05, 3.63) is 39.9 Å². The molecule has 0 aromatic heterocycles. The average molecular weight is 191 g/mol. The second kappa shape index (κ2) is 4.87. The number of benzene rings is 1.